The van der Waals surface area contributed by atoms with Crippen LogP contribution in [0, 0.1) is 0 Å². The van der Waals surface area contributed by atoms with E-state index >= 15 is 0 Å². The molecule has 0 aromatic heterocycles. The first-order chi connectivity index (χ1) is 7.75. The summed E-state index contributed by atoms with van der Waals surface area (Å²) in [7, 11) is 0. The predicted molar refractivity (Wildman–Crippen MR) is 65.3 cm³/mol. The van der Waals surface area contributed by atoms with Crippen molar-refractivity contribution in [2.75, 3.05) is 13.1 Å². The van der Waals surface area contributed by atoms with E-state index in [4.69, 9.17) is 0 Å². The van der Waals surface area contributed by atoms with Gasteiger partial charge < -0.3 is 10.2 Å². The molecule has 0 aromatic rings. The molecular formula is C13H24N2O. The van der Waals surface area contributed by atoms with Gasteiger partial charge in [-0.25, -0.2) is 0 Å². The average Bonchev–Trinajstić information content (AvgIpc) is 2.87. The third-order valence-electron chi connectivity index (χ3n) is 3.88. The molecule has 0 bridgehead atoms. The van der Waals surface area contributed by atoms with Crippen molar-refractivity contribution in [2.24, 2.45) is 0 Å². The SMILES string of the molecule is CC(CCN1CCCC1=O)NC1CCCC1. The van der Waals surface area contributed by atoms with Crippen LogP contribution in [0.15, 0.2) is 0 Å². The largest absolute Gasteiger partial charge is 0.343 e. The Morgan fingerprint density at radius 1 is 1.38 bits per heavy atom. The van der Waals surface area contributed by atoms with Crippen LogP contribution in [0.1, 0.15) is 51.9 Å². The molecule has 3 heteroatoms. The number of carbonyl (C=O) groups is 1. The monoisotopic (exact) mass is 224 g/mol. The Morgan fingerprint density at radius 3 is 2.75 bits per heavy atom. The van der Waals surface area contributed by atoms with Crippen LogP contribution in [0.2, 0.25) is 0 Å². The summed E-state index contributed by atoms with van der Waals surface area (Å²) in [5.74, 6) is 0.355. The predicted octanol–water partition coefficient (Wildman–Crippen LogP) is 1.92. The molecule has 1 heterocycles. The van der Waals surface area contributed by atoms with Gasteiger partial charge in [0, 0.05) is 31.6 Å². The fourth-order valence-corrected chi connectivity index (χ4v) is 2.87. The van der Waals surface area contributed by atoms with Crippen LogP contribution in [0.3, 0.4) is 0 Å². The van der Waals surface area contributed by atoms with Crippen molar-refractivity contribution >= 4 is 5.91 Å². The molecular weight excluding hydrogens is 200 g/mol. The number of nitrogens with zero attached hydrogens (tertiary/aromatic N) is 1. The van der Waals surface area contributed by atoms with Gasteiger partial charge in [0.1, 0.15) is 0 Å². The Kier molecular flexibility index (Phi) is 4.22. The van der Waals surface area contributed by atoms with Crippen molar-refractivity contribution in [3.8, 4) is 0 Å². The molecule has 92 valence electrons. The number of hydrogen-bond donors (Lipinski definition) is 1. The second kappa shape index (κ2) is 5.67. The molecule has 0 spiro atoms. The Labute approximate surface area is 98.6 Å². The minimum Gasteiger partial charge on any atom is -0.343 e. The fraction of sp³-hybridized carbons (Fsp3) is 0.923. The van der Waals surface area contributed by atoms with Crippen LogP contribution >= 0.6 is 0 Å². The zero-order chi connectivity index (χ0) is 11.4. The highest BCUT2D eigenvalue weighted by Crippen LogP contribution is 2.18. The third kappa shape index (κ3) is 3.21. The Bertz CT molecular complexity index is 236. The summed E-state index contributed by atoms with van der Waals surface area (Å²) in [5.41, 5.74) is 0. The summed E-state index contributed by atoms with van der Waals surface area (Å²) in [6.45, 7) is 4.17. The van der Waals surface area contributed by atoms with E-state index in [-0.39, 0.29) is 0 Å². The first-order valence-electron chi connectivity index (χ1n) is 6.79. The maximum atomic E-state index is 11.4. The first-order valence-corrected chi connectivity index (χ1v) is 6.79. The molecule has 1 saturated heterocycles. The lowest BCUT2D eigenvalue weighted by Crippen LogP contribution is -2.37. The maximum Gasteiger partial charge on any atom is 0.222 e. The van der Waals surface area contributed by atoms with Crippen LogP contribution in [-0.2, 0) is 4.79 Å². The van der Waals surface area contributed by atoms with Crippen LogP contribution < -0.4 is 5.32 Å². The van der Waals surface area contributed by atoms with Gasteiger partial charge in [-0.05, 0) is 32.6 Å². The minimum atomic E-state index is 0.355. The number of likely N-dealkylation sites (tertiary alicyclic amines) is 1. The molecule has 2 aliphatic rings. The van der Waals surface area contributed by atoms with Gasteiger partial charge in [0.2, 0.25) is 5.91 Å². The summed E-state index contributed by atoms with van der Waals surface area (Å²) in [5, 5.41) is 3.68. The van der Waals surface area contributed by atoms with Crippen LogP contribution in [-0.4, -0.2) is 36.0 Å². The van der Waals surface area contributed by atoms with E-state index in [0.29, 0.717) is 11.9 Å². The van der Waals surface area contributed by atoms with Gasteiger partial charge in [0.15, 0.2) is 0 Å². The summed E-state index contributed by atoms with van der Waals surface area (Å²) in [6.07, 6.45) is 8.37. The quantitative estimate of drug-likeness (QED) is 0.774. The zero-order valence-corrected chi connectivity index (χ0v) is 10.4. The average molecular weight is 224 g/mol. The molecule has 1 aliphatic carbocycles. The van der Waals surface area contributed by atoms with Gasteiger partial charge in [-0.3, -0.25) is 4.79 Å². The van der Waals surface area contributed by atoms with E-state index in [1.54, 1.807) is 0 Å². The van der Waals surface area contributed by atoms with E-state index < -0.39 is 0 Å². The van der Waals surface area contributed by atoms with Crippen LogP contribution in [0.5, 0.6) is 0 Å². The summed E-state index contributed by atoms with van der Waals surface area (Å²) >= 11 is 0. The van der Waals surface area contributed by atoms with Crippen molar-refractivity contribution in [1.82, 2.24) is 10.2 Å². The molecule has 2 rings (SSSR count). The molecule has 1 atom stereocenters. The van der Waals surface area contributed by atoms with Gasteiger partial charge in [-0.15, -0.1) is 0 Å². The van der Waals surface area contributed by atoms with E-state index in [2.05, 4.69) is 12.2 Å². The number of amides is 1. The Balaban J connectivity index is 1.63. The van der Waals surface area contributed by atoms with Crippen molar-refractivity contribution in [1.29, 1.82) is 0 Å². The highest BCUT2D eigenvalue weighted by molar-refractivity contribution is 5.77. The smallest absolute Gasteiger partial charge is 0.222 e. The molecule has 0 aromatic carbocycles. The number of hydrogen-bond acceptors (Lipinski definition) is 2. The topological polar surface area (TPSA) is 32.3 Å². The van der Waals surface area contributed by atoms with Gasteiger partial charge in [0.05, 0.1) is 0 Å². The van der Waals surface area contributed by atoms with Crippen LogP contribution in [0.4, 0.5) is 0 Å². The number of rotatable bonds is 5. The third-order valence-corrected chi connectivity index (χ3v) is 3.88. The van der Waals surface area contributed by atoms with E-state index in [1.165, 1.54) is 25.7 Å². The van der Waals surface area contributed by atoms with E-state index in [1.807, 2.05) is 4.90 Å². The summed E-state index contributed by atoms with van der Waals surface area (Å²) in [4.78, 5) is 13.5. The molecule has 3 nitrogen and oxygen atoms in total. The lowest BCUT2D eigenvalue weighted by atomic mass is 10.1. The second-order valence-corrected chi connectivity index (χ2v) is 5.32. The molecule has 16 heavy (non-hydrogen) atoms. The standard InChI is InChI=1S/C13H24N2O/c1-11(14-12-5-2-3-6-12)8-10-15-9-4-7-13(15)16/h11-12,14H,2-10H2,1H3. The molecule has 1 amide bonds. The molecule has 1 unspecified atom stereocenters. The van der Waals surface area contributed by atoms with Crippen molar-refractivity contribution in [2.45, 2.75) is 64.0 Å². The van der Waals surface area contributed by atoms with Gasteiger partial charge in [-0.1, -0.05) is 12.8 Å². The molecule has 0 radical (unpaired) electrons. The molecule has 2 fully saturated rings. The second-order valence-electron chi connectivity index (χ2n) is 5.32. The highest BCUT2D eigenvalue weighted by atomic mass is 16.2. The lowest BCUT2D eigenvalue weighted by Gasteiger charge is -2.22. The zero-order valence-electron chi connectivity index (χ0n) is 10.4. The van der Waals surface area contributed by atoms with E-state index in [0.717, 1.165) is 38.4 Å². The first kappa shape index (κ1) is 11.9. The molecule has 1 saturated carbocycles. The molecule has 1 aliphatic heterocycles. The minimum absolute atomic E-state index is 0.355. The van der Waals surface area contributed by atoms with Gasteiger partial charge >= 0.3 is 0 Å². The van der Waals surface area contributed by atoms with Gasteiger partial charge in [0.25, 0.3) is 0 Å². The summed E-state index contributed by atoms with van der Waals surface area (Å²) < 4.78 is 0. The summed E-state index contributed by atoms with van der Waals surface area (Å²) in [6, 6.07) is 1.29. The fourth-order valence-electron chi connectivity index (χ4n) is 2.87. The van der Waals surface area contributed by atoms with Gasteiger partial charge in [-0.2, -0.15) is 0 Å². The normalized spacial score (nSPS) is 24.3. The number of nitrogens with one attached hydrogen (secondary N) is 1. The Morgan fingerprint density at radius 2 is 2.12 bits per heavy atom. The van der Waals surface area contributed by atoms with Crippen LogP contribution in [0.25, 0.3) is 0 Å². The maximum absolute atomic E-state index is 11.4. The lowest BCUT2D eigenvalue weighted by molar-refractivity contribution is -0.127. The Hall–Kier alpha value is -0.570. The van der Waals surface area contributed by atoms with E-state index in [9.17, 15) is 4.79 Å². The molecule has 1 N–H and O–H groups in total. The highest BCUT2D eigenvalue weighted by Gasteiger charge is 2.21. The van der Waals surface area contributed by atoms with Crippen molar-refractivity contribution in [3.05, 3.63) is 0 Å². The van der Waals surface area contributed by atoms with Crippen molar-refractivity contribution < 1.29 is 4.79 Å². The number of carbonyl (C=O) groups excluding carboxylic acids is 1. The van der Waals surface area contributed by atoms with Crippen molar-refractivity contribution in [3.63, 3.8) is 0 Å².